The smallest absolute Gasteiger partial charge is 0.182 e. The standard InChI is InChI=1S/C16H10F2N6O2/c17-11-4-3-5-12(18)10(11)8-24(9-14(16(25)26)20-22-24)23-15-7-2-1-6-13(15)19-21-23/h1-7,9H,8H2. The van der Waals surface area contributed by atoms with Crippen molar-refractivity contribution in [3.05, 3.63) is 71.6 Å². The predicted octanol–water partition coefficient (Wildman–Crippen LogP) is 1.32. The first kappa shape index (κ1) is 16.0. The number of quaternary nitrogens is 1. The van der Waals surface area contributed by atoms with E-state index in [9.17, 15) is 18.7 Å². The first-order valence-electron chi connectivity index (χ1n) is 7.50. The Labute approximate surface area is 144 Å². The third-order valence-electron chi connectivity index (χ3n) is 3.96. The van der Waals surface area contributed by atoms with Crippen molar-refractivity contribution in [3.63, 3.8) is 0 Å². The van der Waals surface area contributed by atoms with Gasteiger partial charge < -0.3 is 9.90 Å². The van der Waals surface area contributed by atoms with Crippen LogP contribution >= 0.6 is 0 Å². The fourth-order valence-corrected chi connectivity index (χ4v) is 2.73. The second-order valence-electron chi connectivity index (χ2n) is 5.60. The summed E-state index contributed by atoms with van der Waals surface area (Å²) in [5.41, 5.74) is 0.228. The molecule has 130 valence electrons. The molecule has 26 heavy (non-hydrogen) atoms. The fraction of sp³-hybridized carbons (Fsp3) is 0.0625. The van der Waals surface area contributed by atoms with E-state index in [2.05, 4.69) is 20.6 Å². The van der Waals surface area contributed by atoms with Crippen molar-refractivity contribution in [3.8, 4) is 0 Å². The van der Waals surface area contributed by atoms with Crippen molar-refractivity contribution in [2.24, 2.45) is 10.3 Å². The molecule has 1 unspecified atom stereocenters. The lowest BCUT2D eigenvalue weighted by molar-refractivity contribution is -0.299. The molecular weight excluding hydrogens is 346 g/mol. The molecule has 2 heterocycles. The van der Waals surface area contributed by atoms with Crippen LogP contribution < -0.4 is 9.81 Å². The number of aliphatic carboxylic acids is 1. The summed E-state index contributed by atoms with van der Waals surface area (Å²) in [4.78, 5) is 12.4. The van der Waals surface area contributed by atoms with Crippen molar-refractivity contribution >= 4 is 17.0 Å². The maximum absolute atomic E-state index is 14.2. The average Bonchev–Trinajstić information content (AvgIpc) is 3.23. The van der Waals surface area contributed by atoms with E-state index in [4.69, 9.17) is 0 Å². The van der Waals surface area contributed by atoms with Gasteiger partial charge in [0.15, 0.2) is 18.4 Å². The summed E-state index contributed by atoms with van der Waals surface area (Å²) in [5.74, 6) is -3.15. The Morgan fingerprint density at radius 3 is 2.54 bits per heavy atom. The van der Waals surface area contributed by atoms with Gasteiger partial charge in [0.1, 0.15) is 22.7 Å². The Hall–Kier alpha value is -3.53. The van der Waals surface area contributed by atoms with Gasteiger partial charge in [0.2, 0.25) is 0 Å². The molecule has 0 saturated carbocycles. The van der Waals surface area contributed by atoms with E-state index in [0.29, 0.717) is 11.0 Å². The monoisotopic (exact) mass is 356 g/mol. The molecule has 0 spiro atoms. The number of benzene rings is 2. The number of nitrogens with zero attached hydrogens (tertiary/aromatic N) is 6. The van der Waals surface area contributed by atoms with Crippen molar-refractivity contribution in [1.82, 2.24) is 19.8 Å². The maximum atomic E-state index is 14.2. The highest BCUT2D eigenvalue weighted by Gasteiger charge is 2.40. The summed E-state index contributed by atoms with van der Waals surface area (Å²) in [5, 5.41) is 26.6. The van der Waals surface area contributed by atoms with Crippen LogP contribution in [0.3, 0.4) is 0 Å². The predicted molar refractivity (Wildman–Crippen MR) is 83.1 cm³/mol. The highest BCUT2D eigenvalue weighted by Crippen LogP contribution is 2.27. The summed E-state index contributed by atoms with van der Waals surface area (Å²) < 4.78 is 27.6. The van der Waals surface area contributed by atoms with E-state index >= 15 is 0 Å². The molecule has 0 bridgehead atoms. The zero-order chi connectivity index (χ0) is 18.3. The lowest BCUT2D eigenvalue weighted by Gasteiger charge is -2.23. The van der Waals surface area contributed by atoms with Crippen LogP contribution in [0.2, 0.25) is 0 Å². The Balaban J connectivity index is 1.92. The van der Waals surface area contributed by atoms with Gasteiger partial charge in [-0.3, -0.25) is 0 Å². The van der Waals surface area contributed by atoms with Crippen LogP contribution in [0.15, 0.2) is 64.7 Å². The van der Waals surface area contributed by atoms with E-state index < -0.39 is 34.5 Å². The number of para-hydroxylation sites is 1. The molecule has 0 radical (unpaired) electrons. The van der Waals surface area contributed by atoms with Gasteiger partial charge in [0.05, 0.1) is 16.8 Å². The minimum atomic E-state index is -1.56. The van der Waals surface area contributed by atoms with Gasteiger partial charge in [-0.2, -0.15) is 0 Å². The molecule has 0 fully saturated rings. The fourth-order valence-electron chi connectivity index (χ4n) is 2.73. The Kier molecular flexibility index (Phi) is 3.55. The molecule has 10 heteroatoms. The van der Waals surface area contributed by atoms with Gasteiger partial charge in [-0.15, -0.1) is 5.10 Å². The van der Waals surface area contributed by atoms with Gasteiger partial charge in [0.25, 0.3) is 0 Å². The summed E-state index contributed by atoms with van der Waals surface area (Å²) >= 11 is 0. The molecule has 0 aliphatic carbocycles. The summed E-state index contributed by atoms with van der Waals surface area (Å²) in [6.45, 7) is -0.397. The number of hydrogen-bond acceptors (Lipinski definition) is 6. The van der Waals surface area contributed by atoms with E-state index in [1.165, 1.54) is 10.9 Å². The Morgan fingerprint density at radius 1 is 1.12 bits per heavy atom. The molecule has 8 nitrogen and oxygen atoms in total. The van der Waals surface area contributed by atoms with Crippen LogP contribution in [0, 0.1) is 11.6 Å². The first-order chi connectivity index (χ1) is 12.5. The second kappa shape index (κ2) is 5.77. The number of carbonyl (C=O) groups is 1. The SMILES string of the molecule is O=C([O-])C1=C[N+](Cc2c(F)cccc2F)(n2nnc3ccccc32)N=N1. The first-order valence-corrected chi connectivity index (χ1v) is 7.50. The number of hydrogen-bond donors (Lipinski definition) is 0. The molecule has 3 aromatic rings. The Bertz CT molecular complexity index is 1070. The zero-order valence-corrected chi connectivity index (χ0v) is 13.1. The van der Waals surface area contributed by atoms with Gasteiger partial charge in [-0.05, 0) is 34.2 Å². The van der Waals surface area contributed by atoms with Crippen molar-refractivity contribution < 1.29 is 18.7 Å². The molecule has 4 rings (SSSR count). The number of fused-ring (bicyclic) bond motifs is 1. The molecule has 0 amide bonds. The van der Waals surface area contributed by atoms with E-state index in [0.717, 1.165) is 18.3 Å². The minimum absolute atomic E-state index is 0.290. The lowest BCUT2D eigenvalue weighted by atomic mass is 10.2. The zero-order valence-electron chi connectivity index (χ0n) is 13.1. The second-order valence-corrected chi connectivity index (χ2v) is 5.60. The van der Waals surface area contributed by atoms with Crippen LogP contribution in [0.1, 0.15) is 5.56 Å². The highest BCUT2D eigenvalue weighted by molar-refractivity contribution is 5.84. The Morgan fingerprint density at radius 2 is 1.85 bits per heavy atom. The maximum Gasteiger partial charge on any atom is 0.182 e. The van der Waals surface area contributed by atoms with Crippen molar-refractivity contribution in [2.75, 3.05) is 0 Å². The van der Waals surface area contributed by atoms with Gasteiger partial charge in [0, 0.05) is 0 Å². The molecule has 2 aromatic carbocycles. The van der Waals surface area contributed by atoms with E-state index in [-0.39, 0.29) is 5.56 Å². The van der Waals surface area contributed by atoms with Crippen LogP contribution in [-0.2, 0) is 11.3 Å². The summed E-state index contributed by atoms with van der Waals surface area (Å²) in [6.07, 6.45) is 1.10. The molecule has 0 N–H and O–H groups in total. The van der Waals surface area contributed by atoms with Gasteiger partial charge in [-0.25, -0.2) is 8.78 Å². The number of aromatic nitrogens is 3. The number of carboxylic acid groups (broad SMARTS) is 1. The highest BCUT2D eigenvalue weighted by atomic mass is 19.1. The van der Waals surface area contributed by atoms with Crippen molar-refractivity contribution in [1.29, 1.82) is 0 Å². The van der Waals surface area contributed by atoms with Crippen LogP contribution in [-0.4, -0.2) is 21.1 Å². The number of rotatable bonds is 4. The average molecular weight is 356 g/mol. The lowest BCUT2D eigenvalue weighted by Crippen LogP contribution is -2.48. The largest absolute Gasteiger partial charge is 0.543 e. The van der Waals surface area contributed by atoms with Crippen LogP contribution in [0.5, 0.6) is 0 Å². The number of halogens is 2. The summed E-state index contributed by atoms with van der Waals surface area (Å²) in [6, 6.07) is 10.3. The molecule has 1 aromatic heterocycles. The third-order valence-corrected chi connectivity index (χ3v) is 3.96. The molecule has 1 atom stereocenters. The molecule has 0 saturated heterocycles. The topological polar surface area (TPSA) is 95.6 Å². The quantitative estimate of drug-likeness (QED) is 0.659. The third kappa shape index (κ3) is 2.43. The van der Waals surface area contributed by atoms with Gasteiger partial charge in [-0.1, -0.05) is 28.1 Å². The van der Waals surface area contributed by atoms with Gasteiger partial charge >= 0.3 is 0 Å². The molecular formula is C16H10F2N6O2. The minimum Gasteiger partial charge on any atom is -0.543 e. The number of carbonyl (C=O) groups excluding carboxylic acids is 1. The summed E-state index contributed by atoms with van der Waals surface area (Å²) in [7, 11) is 0. The van der Waals surface area contributed by atoms with Crippen molar-refractivity contribution in [2.45, 2.75) is 6.54 Å². The van der Waals surface area contributed by atoms with E-state index in [1.807, 2.05) is 0 Å². The molecule has 1 aliphatic rings. The molecule has 1 aliphatic heterocycles. The van der Waals surface area contributed by atoms with Crippen LogP contribution in [0.25, 0.3) is 11.0 Å². The number of carboxylic acids is 1. The normalized spacial score (nSPS) is 19.1. The van der Waals surface area contributed by atoms with E-state index in [1.54, 1.807) is 24.3 Å². The van der Waals surface area contributed by atoms with Crippen LogP contribution in [0.4, 0.5) is 8.78 Å².